The molecule has 0 atom stereocenters. The van der Waals surface area contributed by atoms with Crippen molar-refractivity contribution < 1.29 is 0 Å². The van der Waals surface area contributed by atoms with Crippen molar-refractivity contribution >= 4 is 11.8 Å². The molecule has 1 aromatic rings. The molecule has 0 saturated heterocycles. The summed E-state index contributed by atoms with van der Waals surface area (Å²) in [6.07, 6.45) is 0. The molecule has 0 amide bonds. The fourth-order valence-electron chi connectivity index (χ4n) is 1.24. The largest absolute Gasteiger partial charge is 0.126 e. The van der Waals surface area contributed by atoms with Crippen molar-refractivity contribution in [3.63, 3.8) is 0 Å². The third kappa shape index (κ3) is 2.28. The Labute approximate surface area is 79.4 Å². The van der Waals surface area contributed by atoms with Crippen LogP contribution < -0.4 is 0 Å². The van der Waals surface area contributed by atoms with Crippen LogP contribution in [0, 0.1) is 0 Å². The monoisotopic (exact) mass is 180 g/mol. The molecule has 0 heterocycles. The van der Waals surface area contributed by atoms with E-state index in [-0.39, 0.29) is 0 Å². The SMILES string of the molecule is CCSc1ccccc1C(C)C. The molecule has 0 radical (unpaired) electrons. The molecule has 0 aromatic heterocycles. The molecule has 0 aliphatic carbocycles. The summed E-state index contributed by atoms with van der Waals surface area (Å²) in [6, 6.07) is 8.67. The van der Waals surface area contributed by atoms with Crippen LogP contribution in [0.2, 0.25) is 0 Å². The van der Waals surface area contributed by atoms with Gasteiger partial charge >= 0.3 is 0 Å². The van der Waals surface area contributed by atoms with Gasteiger partial charge in [0.1, 0.15) is 0 Å². The topological polar surface area (TPSA) is 0 Å². The van der Waals surface area contributed by atoms with Gasteiger partial charge in [-0.05, 0) is 23.3 Å². The fourth-order valence-corrected chi connectivity index (χ4v) is 2.20. The zero-order valence-electron chi connectivity index (χ0n) is 8.00. The standard InChI is InChI=1S/C11H16S/c1-4-12-11-8-6-5-7-10(11)9(2)3/h5-9H,4H2,1-3H3. The minimum atomic E-state index is 0.639. The highest BCUT2D eigenvalue weighted by atomic mass is 32.2. The maximum absolute atomic E-state index is 2.25. The van der Waals surface area contributed by atoms with E-state index in [0.717, 1.165) is 5.75 Å². The zero-order chi connectivity index (χ0) is 8.97. The van der Waals surface area contributed by atoms with Crippen LogP contribution >= 0.6 is 11.8 Å². The van der Waals surface area contributed by atoms with E-state index in [4.69, 9.17) is 0 Å². The van der Waals surface area contributed by atoms with E-state index in [1.54, 1.807) is 0 Å². The van der Waals surface area contributed by atoms with Crippen LogP contribution in [-0.2, 0) is 0 Å². The average Bonchev–Trinajstić information content (AvgIpc) is 2.05. The lowest BCUT2D eigenvalue weighted by Gasteiger charge is -2.10. The summed E-state index contributed by atoms with van der Waals surface area (Å²) in [6.45, 7) is 6.69. The molecule has 1 heteroatoms. The van der Waals surface area contributed by atoms with Gasteiger partial charge in [-0.1, -0.05) is 39.0 Å². The van der Waals surface area contributed by atoms with Crippen LogP contribution in [0.4, 0.5) is 0 Å². The van der Waals surface area contributed by atoms with Crippen LogP contribution in [0.5, 0.6) is 0 Å². The molecule has 0 nitrogen and oxygen atoms in total. The van der Waals surface area contributed by atoms with Gasteiger partial charge in [0, 0.05) is 4.90 Å². The maximum atomic E-state index is 2.25. The molecule has 0 aliphatic heterocycles. The Morgan fingerprint density at radius 3 is 2.50 bits per heavy atom. The molecule has 0 N–H and O–H groups in total. The van der Waals surface area contributed by atoms with E-state index >= 15 is 0 Å². The first-order valence-corrected chi connectivity index (χ1v) is 5.46. The Morgan fingerprint density at radius 2 is 1.92 bits per heavy atom. The lowest BCUT2D eigenvalue weighted by Crippen LogP contribution is -1.89. The van der Waals surface area contributed by atoms with Gasteiger partial charge in [0.25, 0.3) is 0 Å². The molecule has 66 valence electrons. The summed E-state index contributed by atoms with van der Waals surface area (Å²) in [5, 5.41) is 0. The van der Waals surface area contributed by atoms with Crippen molar-refractivity contribution in [2.75, 3.05) is 5.75 Å². The normalized spacial score (nSPS) is 10.7. The summed E-state index contributed by atoms with van der Waals surface area (Å²) < 4.78 is 0. The van der Waals surface area contributed by atoms with Crippen molar-refractivity contribution in [1.29, 1.82) is 0 Å². The van der Waals surface area contributed by atoms with Gasteiger partial charge in [-0.25, -0.2) is 0 Å². The summed E-state index contributed by atoms with van der Waals surface area (Å²) in [5.41, 5.74) is 1.48. The highest BCUT2D eigenvalue weighted by Crippen LogP contribution is 2.27. The second-order valence-electron chi connectivity index (χ2n) is 3.13. The van der Waals surface area contributed by atoms with E-state index < -0.39 is 0 Å². The van der Waals surface area contributed by atoms with Gasteiger partial charge in [0.05, 0.1) is 0 Å². The van der Waals surface area contributed by atoms with Gasteiger partial charge < -0.3 is 0 Å². The molecule has 0 saturated carbocycles. The van der Waals surface area contributed by atoms with Crippen molar-refractivity contribution in [1.82, 2.24) is 0 Å². The van der Waals surface area contributed by atoms with Gasteiger partial charge in [0.2, 0.25) is 0 Å². The summed E-state index contributed by atoms with van der Waals surface area (Å²) in [7, 11) is 0. The Bertz CT molecular complexity index is 241. The Kier molecular flexibility index (Phi) is 3.67. The predicted octanol–water partition coefficient (Wildman–Crippen LogP) is 3.92. The van der Waals surface area contributed by atoms with E-state index in [2.05, 4.69) is 45.0 Å². The maximum Gasteiger partial charge on any atom is 0.0106 e. The molecule has 0 bridgehead atoms. The lowest BCUT2D eigenvalue weighted by molar-refractivity contribution is 0.842. The third-order valence-corrected chi connectivity index (χ3v) is 2.81. The minimum Gasteiger partial charge on any atom is -0.126 e. The number of thioether (sulfide) groups is 1. The molecule has 1 aromatic carbocycles. The summed E-state index contributed by atoms with van der Waals surface area (Å²) in [4.78, 5) is 1.44. The Morgan fingerprint density at radius 1 is 1.25 bits per heavy atom. The molecular weight excluding hydrogens is 164 g/mol. The van der Waals surface area contributed by atoms with Gasteiger partial charge in [-0.2, -0.15) is 0 Å². The van der Waals surface area contributed by atoms with E-state index in [9.17, 15) is 0 Å². The Hall–Kier alpha value is -0.430. The predicted molar refractivity (Wildman–Crippen MR) is 56.9 cm³/mol. The third-order valence-electron chi connectivity index (χ3n) is 1.84. The molecule has 0 aliphatic rings. The molecule has 0 fully saturated rings. The molecule has 1 rings (SSSR count). The van der Waals surface area contributed by atoms with E-state index in [1.807, 2.05) is 11.8 Å². The van der Waals surface area contributed by atoms with Crippen molar-refractivity contribution in [2.24, 2.45) is 0 Å². The number of rotatable bonds is 3. The summed E-state index contributed by atoms with van der Waals surface area (Å²) in [5.74, 6) is 1.80. The van der Waals surface area contributed by atoms with E-state index in [1.165, 1.54) is 10.5 Å². The first kappa shape index (κ1) is 9.66. The lowest BCUT2D eigenvalue weighted by atomic mass is 10.0. The van der Waals surface area contributed by atoms with Crippen LogP contribution in [-0.4, -0.2) is 5.75 Å². The summed E-state index contributed by atoms with van der Waals surface area (Å²) >= 11 is 1.93. The van der Waals surface area contributed by atoms with Crippen LogP contribution in [0.15, 0.2) is 29.2 Å². The van der Waals surface area contributed by atoms with Crippen molar-refractivity contribution in [3.8, 4) is 0 Å². The van der Waals surface area contributed by atoms with Crippen LogP contribution in [0.25, 0.3) is 0 Å². The van der Waals surface area contributed by atoms with Crippen LogP contribution in [0.1, 0.15) is 32.3 Å². The first-order chi connectivity index (χ1) is 5.75. The van der Waals surface area contributed by atoms with E-state index in [0.29, 0.717) is 5.92 Å². The quantitative estimate of drug-likeness (QED) is 0.635. The van der Waals surface area contributed by atoms with Crippen LogP contribution in [0.3, 0.4) is 0 Å². The second kappa shape index (κ2) is 4.56. The van der Waals surface area contributed by atoms with Gasteiger partial charge in [-0.3, -0.25) is 0 Å². The first-order valence-electron chi connectivity index (χ1n) is 4.47. The number of benzene rings is 1. The highest BCUT2D eigenvalue weighted by Gasteiger charge is 2.04. The van der Waals surface area contributed by atoms with Crippen molar-refractivity contribution in [2.45, 2.75) is 31.6 Å². The van der Waals surface area contributed by atoms with Gasteiger partial charge in [-0.15, -0.1) is 11.8 Å². The smallest absolute Gasteiger partial charge is 0.0106 e. The zero-order valence-corrected chi connectivity index (χ0v) is 8.82. The molecular formula is C11H16S. The second-order valence-corrected chi connectivity index (χ2v) is 4.43. The highest BCUT2D eigenvalue weighted by molar-refractivity contribution is 7.99. The fraction of sp³-hybridized carbons (Fsp3) is 0.455. The van der Waals surface area contributed by atoms with Crippen molar-refractivity contribution in [3.05, 3.63) is 29.8 Å². The number of hydrogen-bond donors (Lipinski definition) is 0. The minimum absolute atomic E-state index is 0.639. The number of hydrogen-bond acceptors (Lipinski definition) is 1. The average molecular weight is 180 g/mol. The molecule has 0 spiro atoms. The molecule has 12 heavy (non-hydrogen) atoms. The Balaban J connectivity index is 2.92. The van der Waals surface area contributed by atoms with Gasteiger partial charge in [0.15, 0.2) is 0 Å². The molecule has 0 unspecified atom stereocenters.